The number of carbonyl (C=O) groups excluding carboxylic acids is 2. The van der Waals surface area contributed by atoms with Crippen LogP contribution < -0.4 is 10.4 Å². The van der Waals surface area contributed by atoms with Gasteiger partial charge in [-0.05, 0) is 19.1 Å². The minimum absolute atomic E-state index is 0.00615. The first-order valence-corrected chi connectivity index (χ1v) is 4.85. The summed E-state index contributed by atoms with van der Waals surface area (Å²) in [5.74, 6) is 0.0000964. The Morgan fingerprint density at radius 3 is 2.73 bits per heavy atom. The van der Waals surface area contributed by atoms with Crippen molar-refractivity contribution in [3.8, 4) is 0 Å². The van der Waals surface area contributed by atoms with E-state index in [4.69, 9.17) is 0 Å². The molecule has 2 rings (SSSR count). The molecule has 0 spiro atoms. The molecule has 4 nitrogen and oxygen atoms in total. The van der Waals surface area contributed by atoms with E-state index in [9.17, 15) is 9.59 Å². The van der Waals surface area contributed by atoms with E-state index in [2.05, 4.69) is 5.43 Å². The van der Waals surface area contributed by atoms with Crippen molar-refractivity contribution in [3.05, 3.63) is 29.8 Å². The molecular formula is C11H12N2O2. The minimum atomic E-state index is -0.00615. The lowest BCUT2D eigenvalue weighted by atomic mass is 10.1. The van der Waals surface area contributed by atoms with Crippen molar-refractivity contribution in [3.63, 3.8) is 0 Å². The van der Waals surface area contributed by atoms with Gasteiger partial charge in [-0.25, -0.2) is 0 Å². The van der Waals surface area contributed by atoms with Gasteiger partial charge in [-0.15, -0.1) is 0 Å². The second-order valence-electron chi connectivity index (χ2n) is 3.51. The van der Waals surface area contributed by atoms with E-state index in [1.54, 1.807) is 11.1 Å². The molecular weight excluding hydrogens is 192 g/mol. The van der Waals surface area contributed by atoms with Crippen LogP contribution in [0.15, 0.2) is 24.3 Å². The van der Waals surface area contributed by atoms with E-state index in [1.807, 2.05) is 18.2 Å². The number of carbonyl (C=O) groups is 2. The summed E-state index contributed by atoms with van der Waals surface area (Å²) in [6.45, 7) is 2.14. The molecule has 1 fully saturated rings. The highest BCUT2D eigenvalue weighted by molar-refractivity contribution is 6.00. The third-order valence-electron chi connectivity index (χ3n) is 2.40. The number of nitrogens with one attached hydrogen (secondary N) is 1. The highest BCUT2D eigenvalue weighted by atomic mass is 16.2. The Balaban J connectivity index is 2.35. The van der Waals surface area contributed by atoms with Crippen LogP contribution in [0, 0.1) is 0 Å². The summed E-state index contributed by atoms with van der Waals surface area (Å²) in [4.78, 5) is 22.4. The third kappa shape index (κ3) is 1.83. The third-order valence-corrected chi connectivity index (χ3v) is 2.40. The molecule has 1 aliphatic heterocycles. The van der Waals surface area contributed by atoms with Crippen molar-refractivity contribution < 1.29 is 9.59 Å². The van der Waals surface area contributed by atoms with Gasteiger partial charge in [0, 0.05) is 18.5 Å². The second kappa shape index (κ2) is 3.73. The minimum Gasteiger partial charge on any atom is -0.294 e. The Labute approximate surface area is 87.9 Å². The van der Waals surface area contributed by atoms with Crippen LogP contribution in [0.4, 0.5) is 5.69 Å². The summed E-state index contributed by atoms with van der Waals surface area (Å²) in [5, 5.41) is 1.72. The Hall–Kier alpha value is -1.84. The van der Waals surface area contributed by atoms with Crippen molar-refractivity contribution in [2.75, 3.05) is 11.6 Å². The molecule has 0 atom stereocenters. The van der Waals surface area contributed by atoms with Gasteiger partial charge in [0.05, 0.1) is 5.69 Å². The average Bonchev–Trinajstić information content (AvgIpc) is 2.65. The van der Waals surface area contributed by atoms with E-state index in [0.717, 1.165) is 5.69 Å². The van der Waals surface area contributed by atoms with Gasteiger partial charge in [-0.3, -0.25) is 20.0 Å². The van der Waals surface area contributed by atoms with Gasteiger partial charge in [0.1, 0.15) is 0 Å². The zero-order valence-corrected chi connectivity index (χ0v) is 8.49. The standard InChI is InChI=1S/C11H12N2O2/c1-8(14)9-4-2-3-5-10(9)13-7-6-11(15)12-13/h2-5H,6-7H2,1H3,(H,12,15). The van der Waals surface area contributed by atoms with E-state index in [0.29, 0.717) is 18.5 Å². The maximum atomic E-state index is 11.4. The predicted molar refractivity (Wildman–Crippen MR) is 56.6 cm³/mol. The van der Waals surface area contributed by atoms with Crippen LogP contribution in [0.25, 0.3) is 0 Å². The van der Waals surface area contributed by atoms with Gasteiger partial charge in [-0.1, -0.05) is 12.1 Å². The maximum absolute atomic E-state index is 11.4. The van der Waals surface area contributed by atoms with E-state index in [1.165, 1.54) is 6.92 Å². The Bertz CT molecular complexity index is 415. The average molecular weight is 204 g/mol. The Kier molecular flexibility index (Phi) is 2.41. The van der Waals surface area contributed by atoms with E-state index < -0.39 is 0 Å². The number of para-hydroxylation sites is 1. The fourth-order valence-electron chi connectivity index (χ4n) is 1.66. The van der Waals surface area contributed by atoms with Crippen molar-refractivity contribution in [1.29, 1.82) is 0 Å². The molecule has 1 aromatic rings. The molecule has 0 bridgehead atoms. The quantitative estimate of drug-likeness (QED) is 0.735. The maximum Gasteiger partial charge on any atom is 0.240 e. The van der Waals surface area contributed by atoms with Crippen LogP contribution >= 0.6 is 0 Å². The molecule has 1 aliphatic rings. The number of anilines is 1. The monoisotopic (exact) mass is 204 g/mol. The van der Waals surface area contributed by atoms with Crippen LogP contribution in [0.1, 0.15) is 23.7 Å². The fraction of sp³-hybridized carbons (Fsp3) is 0.273. The van der Waals surface area contributed by atoms with Crippen LogP contribution in [0.3, 0.4) is 0 Å². The van der Waals surface area contributed by atoms with Crippen LogP contribution in [-0.4, -0.2) is 18.2 Å². The number of hydrazine groups is 1. The SMILES string of the molecule is CC(=O)c1ccccc1N1CCC(=O)N1. The number of ketones is 1. The number of rotatable bonds is 2. The van der Waals surface area contributed by atoms with Gasteiger partial charge >= 0.3 is 0 Å². The van der Waals surface area contributed by atoms with Crippen molar-refractivity contribution in [2.45, 2.75) is 13.3 Å². The summed E-state index contributed by atoms with van der Waals surface area (Å²) in [7, 11) is 0. The molecule has 0 saturated carbocycles. The summed E-state index contributed by atoms with van der Waals surface area (Å²) >= 11 is 0. The van der Waals surface area contributed by atoms with Crippen molar-refractivity contribution in [2.24, 2.45) is 0 Å². The Morgan fingerprint density at radius 2 is 2.13 bits per heavy atom. The zero-order chi connectivity index (χ0) is 10.8. The van der Waals surface area contributed by atoms with E-state index in [-0.39, 0.29) is 11.7 Å². The topological polar surface area (TPSA) is 49.4 Å². The van der Waals surface area contributed by atoms with Crippen LogP contribution in [0.2, 0.25) is 0 Å². The highest BCUT2D eigenvalue weighted by Gasteiger charge is 2.21. The van der Waals surface area contributed by atoms with Gasteiger partial charge in [-0.2, -0.15) is 0 Å². The molecule has 1 heterocycles. The lowest BCUT2D eigenvalue weighted by Crippen LogP contribution is -2.33. The molecule has 1 aromatic carbocycles. The number of benzene rings is 1. The molecule has 0 aliphatic carbocycles. The first-order chi connectivity index (χ1) is 7.18. The number of hydrogen-bond donors (Lipinski definition) is 1. The smallest absolute Gasteiger partial charge is 0.240 e. The summed E-state index contributed by atoms with van der Waals surface area (Å²) in [5.41, 5.74) is 4.12. The van der Waals surface area contributed by atoms with Gasteiger partial charge in [0.2, 0.25) is 5.91 Å². The first-order valence-electron chi connectivity index (χ1n) is 4.85. The number of Topliss-reactive ketones (excluding diaryl/α,β-unsaturated/α-hetero) is 1. The number of nitrogens with zero attached hydrogens (tertiary/aromatic N) is 1. The van der Waals surface area contributed by atoms with Crippen molar-refractivity contribution in [1.82, 2.24) is 5.43 Å². The highest BCUT2D eigenvalue weighted by Crippen LogP contribution is 2.21. The molecule has 1 N–H and O–H groups in total. The molecule has 0 radical (unpaired) electrons. The zero-order valence-electron chi connectivity index (χ0n) is 8.49. The van der Waals surface area contributed by atoms with Gasteiger partial charge < -0.3 is 0 Å². The van der Waals surface area contributed by atoms with Gasteiger partial charge in [0.15, 0.2) is 5.78 Å². The molecule has 78 valence electrons. The molecule has 0 aromatic heterocycles. The van der Waals surface area contributed by atoms with E-state index >= 15 is 0 Å². The normalized spacial score (nSPS) is 15.3. The molecule has 4 heteroatoms. The lowest BCUT2D eigenvalue weighted by molar-refractivity contribution is -0.119. The number of amides is 1. The number of hydrogen-bond acceptors (Lipinski definition) is 3. The largest absolute Gasteiger partial charge is 0.294 e. The fourth-order valence-corrected chi connectivity index (χ4v) is 1.66. The molecule has 1 amide bonds. The van der Waals surface area contributed by atoms with Crippen molar-refractivity contribution >= 4 is 17.4 Å². The Morgan fingerprint density at radius 1 is 1.40 bits per heavy atom. The van der Waals surface area contributed by atoms with Crippen LogP contribution in [0.5, 0.6) is 0 Å². The first kappa shape index (κ1) is 9.71. The van der Waals surface area contributed by atoms with Crippen LogP contribution in [-0.2, 0) is 4.79 Å². The molecule has 15 heavy (non-hydrogen) atoms. The second-order valence-corrected chi connectivity index (χ2v) is 3.51. The molecule has 1 saturated heterocycles. The summed E-state index contributed by atoms with van der Waals surface area (Å²) < 4.78 is 0. The predicted octanol–water partition coefficient (Wildman–Crippen LogP) is 1.13. The molecule has 0 unspecified atom stereocenters. The summed E-state index contributed by atoms with van der Waals surface area (Å²) in [6.07, 6.45) is 0.478. The lowest BCUT2D eigenvalue weighted by Gasteiger charge is -2.19. The summed E-state index contributed by atoms with van der Waals surface area (Å²) in [6, 6.07) is 7.27. The van der Waals surface area contributed by atoms with Gasteiger partial charge in [0.25, 0.3) is 0 Å².